The minimum absolute atomic E-state index is 0.113. The van der Waals surface area contributed by atoms with Gasteiger partial charge in [-0.25, -0.2) is 0 Å². The molecule has 1 N–H and O–H groups in total. The highest BCUT2D eigenvalue weighted by molar-refractivity contribution is 6.33. The van der Waals surface area contributed by atoms with Crippen molar-refractivity contribution in [3.8, 4) is 0 Å². The second-order valence-corrected chi connectivity index (χ2v) is 8.69. The van der Waals surface area contributed by atoms with Gasteiger partial charge in [0.25, 0.3) is 5.91 Å². The quantitative estimate of drug-likeness (QED) is 0.348. The summed E-state index contributed by atoms with van der Waals surface area (Å²) < 4.78 is 0. The van der Waals surface area contributed by atoms with E-state index in [0.29, 0.717) is 17.1 Å². The summed E-state index contributed by atoms with van der Waals surface area (Å²) in [6.45, 7) is 3.81. The summed E-state index contributed by atoms with van der Waals surface area (Å²) in [5.74, 6) is -0.113. The number of rotatable bonds is 7. The molecular formula is C28H29ClN2O. The number of hydrogen-bond donors (Lipinski definition) is 1. The van der Waals surface area contributed by atoms with Gasteiger partial charge in [0, 0.05) is 23.7 Å². The molecule has 4 heteroatoms. The Labute approximate surface area is 195 Å². The highest BCUT2D eigenvalue weighted by Crippen LogP contribution is 2.23. The van der Waals surface area contributed by atoms with Gasteiger partial charge in [0.15, 0.2) is 0 Å². The first-order chi connectivity index (χ1) is 15.7. The molecule has 1 fully saturated rings. The first-order valence-electron chi connectivity index (χ1n) is 11.3. The van der Waals surface area contributed by atoms with E-state index in [1.54, 1.807) is 0 Å². The Hall–Kier alpha value is -2.88. The number of nitrogens with zero attached hydrogens (tertiary/aromatic N) is 1. The van der Waals surface area contributed by atoms with Gasteiger partial charge in [-0.3, -0.25) is 9.69 Å². The lowest BCUT2D eigenvalue weighted by Gasteiger charge is -2.26. The highest BCUT2D eigenvalue weighted by atomic mass is 35.5. The smallest absolute Gasteiger partial charge is 0.252 e. The van der Waals surface area contributed by atoms with Crippen molar-refractivity contribution in [2.75, 3.05) is 13.1 Å². The van der Waals surface area contributed by atoms with Gasteiger partial charge in [-0.05, 0) is 60.3 Å². The van der Waals surface area contributed by atoms with Crippen LogP contribution in [0, 0.1) is 0 Å². The average molecular weight is 445 g/mol. The normalized spacial score (nSPS) is 14.8. The van der Waals surface area contributed by atoms with Crippen LogP contribution < -0.4 is 5.32 Å². The lowest BCUT2D eigenvalue weighted by molar-refractivity contribution is -0.115. The molecule has 0 bridgehead atoms. The van der Waals surface area contributed by atoms with E-state index in [1.165, 1.54) is 37.9 Å². The first kappa shape index (κ1) is 22.3. The van der Waals surface area contributed by atoms with Crippen LogP contribution in [0.25, 0.3) is 11.6 Å². The van der Waals surface area contributed by atoms with Gasteiger partial charge in [0.05, 0.1) is 0 Å². The van der Waals surface area contributed by atoms with Gasteiger partial charge >= 0.3 is 0 Å². The summed E-state index contributed by atoms with van der Waals surface area (Å²) in [5, 5.41) is 3.73. The van der Waals surface area contributed by atoms with Crippen molar-refractivity contribution < 1.29 is 4.79 Å². The van der Waals surface area contributed by atoms with Gasteiger partial charge < -0.3 is 5.32 Å². The van der Waals surface area contributed by atoms with Crippen LogP contribution in [0.1, 0.15) is 41.5 Å². The number of nitrogens with one attached hydrogen (secondary N) is 1. The number of likely N-dealkylation sites (tertiary alicyclic amines) is 1. The molecule has 0 atom stereocenters. The van der Waals surface area contributed by atoms with Gasteiger partial charge in [0.1, 0.15) is 0 Å². The van der Waals surface area contributed by atoms with Crippen molar-refractivity contribution in [3.63, 3.8) is 0 Å². The minimum Gasteiger partial charge on any atom is -0.348 e. The van der Waals surface area contributed by atoms with Crippen molar-refractivity contribution in [3.05, 3.63) is 106 Å². The van der Waals surface area contributed by atoms with Crippen LogP contribution in [-0.4, -0.2) is 23.9 Å². The largest absolute Gasteiger partial charge is 0.348 e. The molecule has 3 aromatic carbocycles. The Morgan fingerprint density at radius 1 is 0.875 bits per heavy atom. The standard InChI is InChI=1S/C28H29ClN2O/c29-27-15-6-5-14-25(27)19-26(24-12-3-1-4-13-24)28(32)30-20-22-10-9-11-23(18-22)21-31-16-7-2-8-17-31/h1,3-6,9-15,18-19H,2,7-8,16-17,20-21H2,(H,30,32)/b26-19+. The fourth-order valence-corrected chi connectivity index (χ4v) is 4.33. The zero-order valence-corrected chi connectivity index (χ0v) is 19.0. The molecule has 0 radical (unpaired) electrons. The molecule has 4 rings (SSSR count). The van der Waals surface area contributed by atoms with Crippen molar-refractivity contribution in [2.45, 2.75) is 32.4 Å². The Balaban J connectivity index is 1.48. The van der Waals surface area contributed by atoms with Crippen LogP contribution in [0.15, 0.2) is 78.9 Å². The molecule has 32 heavy (non-hydrogen) atoms. The van der Waals surface area contributed by atoms with Crippen LogP contribution in [0.3, 0.4) is 0 Å². The van der Waals surface area contributed by atoms with Crippen molar-refractivity contribution in [1.82, 2.24) is 10.2 Å². The second-order valence-electron chi connectivity index (χ2n) is 8.28. The average Bonchev–Trinajstić information content (AvgIpc) is 2.83. The maximum absolute atomic E-state index is 13.2. The molecule has 0 unspecified atom stereocenters. The van der Waals surface area contributed by atoms with E-state index in [2.05, 4.69) is 34.5 Å². The number of amides is 1. The summed E-state index contributed by atoms with van der Waals surface area (Å²) in [6.07, 6.45) is 5.78. The highest BCUT2D eigenvalue weighted by Gasteiger charge is 2.14. The molecule has 1 aliphatic rings. The molecule has 0 saturated carbocycles. The monoisotopic (exact) mass is 444 g/mol. The molecule has 1 amide bonds. The Morgan fingerprint density at radius 3 is 2.38 bits per heavy atom. The predicted molar refractivity (Wildman–Crippen MR) is 133 cm³/mol. The van der Waals surface area contributed by atoms with Crippen molar-refractivity contribution in [1.29, 1.82) is 0 Å². The maximum atomic E-state index is 13.2. The Kier molecular flexibility index (Phi) is 7.76. The summed E-state index contributed by atoms with van der Waals surface area (Å²) in [6, 6.07) is 25.8. The first-order valence-corrected chi connectivity index (χ1v) is 11.7. The maximum Gasteiger partial charge on any atom is 0.252 e. The lowest BCUT2D eigenvalue weighted by Crippen LogP contribution is -2.29. The van der Waals surface area contributed by atoms with Crippen molar-refractivity contribution in [2.24, 2.45) is 0 Å². The molecule has 0 spiro atoms. The van der Waals surface area contributed by atoms with E-state index in [9.17, 15) is 4.79 Å². The van der Waals surface area contributed by atoms with E-state index >= 15 is 0 Å². The van der Waals surface area contributed by atoms with E-state index in [0.717, 1.165) is 23.2 Å². The third-order valence-electron chi connectivity index (χ3n) is 5.83. The van der Waals surface area contributed by atoms with Crippen LogP contribution in [0.4, 0.5) is 0 Å². The number of carbonyl (C=O) groups is 1. The van der Waals surface area contributed by atoms with Gasteiger partial charge in [-0.15, -0.1) is 0 Å². The third-order valence-corrected chi connectivity index (χ3v) is 6.18. The van der Waals surface area contributed by atoms with E-state index < -0.39 is 0 Å². The van der Waals surface area contributed by atoms with Gasteiger partial charge in [-0.2, -0.15) is 0 Å². The van der Waals surface area contributed by atoms with Gasteiger partial charge in [-0.1, -0.05) is 90.8 Å². The topological polar surface area (TPSA) is 32.3 Å². The van der Waals surface area contributed by atoms with E-state index in [4.69, 9.17) is 11.6 Å². The molecule has 1 heterocycles. The van der Waals surface area contributed by atoms with E-state index in [1.807, 2.05) is 60.7 Å². The summed E-state index contributed by atoms with van der Waals surface area (Å²) in [7, 11) is 0. The Morgan fingerprint density at radius 2 is 1.59 bits per heavy atom. The van der Waals surface area contributed by atoms with Crippen LogP contribution in [-0.2, 0) is 17.9 Å². The molecule has 1 aliphatic heterocycles. The number of carbonyl (C=O) groups excluding carboxylic acids is 1. The second kappa shape index (κ2) is 11.1. The number of piperidine rings is 1. The molecule has 0 aromatic heterocycles. The fourth-order valence-electron chi connectivity index (χ4n) is 4.14. The summed E-state index contributed by atoms with van der Waals surface area (Å²) in [4.78, 5) is 15.7. The number of benzene rings is 3. The SMILES string of the molecule is O=C(NCc1cccc(CN2CCCCC2)c1)/C(=C/c1ccccc1Cl)c1ccccc1. The number of halogens is 1. The zero-order valence-electron chi connectivity index (χ0n) is 18.3. The van der Waals surface area contributed by atoms with Crippen LogP contribution in [0.2, 0.25) is 5.02 Å². The fraction of sp³-hybridized carbons (Fsp3) is 0.250. The third kappa shape index (κ3) is 6.09. The molecule has 164 valence electrons. The number of hydrogen-bond acceptors (Lipinski definition) is 2. The molecule has 3 aromatic rings. The zero-order chi connectivity index (χ0) is 22.2. The summed E-state index contributed by atoms with van der Waals surface area (Å²) in [5.41, 5.74) is 4.70. The lowest BCUT2D eigenvalue weighted by atomic mass is 10.0. The Bertz CT molecular complexity index is 1070. The summed E-state index contributed by atoms with van der Waals surface area (Å²) >= 11 is 6.35. The molecular weight excluding hydrogens is 416 g/mol. The minimum atomic E-state index is -0.113. The van der Waals surface area contributed by atoms with Crippen LogP contribution >= 0.6 is 11.6 Å². The molecule has 1 saturated heterocycles. The van der Waals surface area contributed by atoms with Crippen molar-refractivity contribution >= 4 is 29.2 Å². The molecule has 3 nitrogen and oxygen atoms in total. The predicted octanol–water partition coefficient (Wildman–Crippen LogP) is 6.18. The van der Waals surface area contributed by atoms with Crippen LogP contribution in [0.5, 0.6) is 0 Å². The van der Waals surface area contributed by atoms with E-state index in [-0.39, 0.29) is 5.91 Å². The van der Waals surface area contributed by atoms with Gasteiger partial charge in [0.2, 0.25) is 0 Å². The molecule has 0 aliphatic carbocycles.